The highest BCUT2D eigenvalue weighted by molar-refractivity contribution is 5.11. The second-order valence-electron chi connectivity index (χ2n) is 3.10. The van der Waals surface area contributed by atoms with Crippen molar-refractivity contribution in [2.24, 2.45) is 5.92 Å². The summed E-state index contributed by atoms with van der Waals surface area (Å²) in [5.74, 6) is 0.750. The molecule has 1 rings (SSSR count). The van der Waals surface area contributed by atoms with Crippen LogP contribution in [0.2, 0.25) is 0 Å². The molecule has 1 unspecified atom stereocenters. The molecule has 0 aromatic rings. The Kier molecular flexibility index (Phi) is 2.73. The van der Waals surface area contributed by atoms with E-state index in [9.17, 15) is 0 Å². The van der Waals surface area contributed by atoms with Crippen LogP contribution in [0.1, 0.15) is 32.6 Å². The normalized spacial score (nSPS) is 20.3. The van der Waals surface area contributed by atoms with Crippen molar-refractivity contribution in [1.82, 2.24) is 0 Å². The van der Waals surface area contributed by atoms with E-state index in [0.717, 1.165) is 12.3 Å². The first kappa shape index (κ1) is 7.59. The Bertz CT molecular complexity index is 142. The quantitative estimate of drug-likeness (QED) is 0.522. The average molecular weight is 136 g/mol. The van der Waals surface area contributed by atoms with Crippen molar-refractivity contribution in [1.29, 1.82) is 0 Å². The first-order chi connectivity index (χ1) is 4.84. The Morgan fingerprint density at radius 3 is 3.10 bits per heavy atom. The Morgan fingerprint density at radius 2 is 2.60 bits per heavy atom. The molecule has 0 radical (unpaired) electrons. The Morgan fingerprint density at radius 1 is 1.80 bits per heavy atom. The molecule has 0 nitrogen and oxygen atoms in total. The van der Waals surface area contributed by atoms with Gasteiger partial charge in [0.2, 0.25) is 0 Å². The van der Waals surface area contributed by atoms with Gasteiger partial charge in [-0.2, -0.15) is 0 Å². The maximum Gasteiger partial charge on any atom is -0.0197 e. The van der Waals surface area contributed by atoms with Crippen LogP contribution in [-0.4, -0.2) is 0 Å². The molecule has 1 atom stereocenters. The third kappa shape index (κ3) is 1.73. The van der Waals surface area contributed by atoms with Gasteiger partial charge in [-0.05, 0) is 31.6 Å². The molecule has 0 heterocycles. The summed E-state index contributed by atoms with van der Waals surface area (Å²) >= 11 is 0. The zero-order chi connectivity index (χ0) is 7.40. The van der Waals surface area contributed by atoms with Gasteiger partial charge in [-0.3, -0.25) is 0 Å². The molecule has 0 aliphatic heterocycles. The van der Waals surface area contributed by atoms with Crippen molar-refractivity contribution in [3.05, 3.63) is 24.3 Å². The molecule has 0 N–H and O–H groups in total. The molecular weight excluding hydrogens is 120 g/mol. The Hall–Kier alpha value is -0.520. The van der Waals surface area contributed by atoms with Crippen LogP contribution in [0.5, 0.6) is 0 Å². The maximum atomic E-state index is 3.74. The molecule has 1 aliphatic rings. The molecule has 0 bridgehead atoms. The van der Waals surface area contributed by atoms with Gasteiger partial charge in [-0.15, -0.1) is 6.58 Å². The van der Waals surface area contributed by atoms with Crippen molar-refractivity contribution >= 4 is 0 Å². The van der Waals surface area contributed by atoms with Crippen molar-refractivity contribution in [2.75, 3.05) is 0 Å². The molecule has 56 valence electrons. The van der Waals surface area contributed by atoms with Crippen molar-refractivity contribution in [2.45, 2.75) is 32.6 Å². The molecule has 0 fully saturated rings. The number of hydrogen-bond acceptors (Lipinski definition) is 0. The van der Waals surface area contributed by atoms with Crippen LogP contribution < -0.4 is 0 Å². The van der Waals surface area contributed by atoms with Crippen molar-refractivity contribution in [3.8, 4) is 0 Å². The third-order valence-corrected chi connectivity index (χ3v) is 2.23. The number of hydrogen-bond donors (Lipinski definition) is 0. The van der Waals surface area contributed by atoms with Crippen LogP contribution in [0.25, 0.3) is 0 Å². The summed E-state index contributed by atoms with van der Waals surface area (Å²) in [4.78, 5) is 0. The highest BCUT2D eigenvalue weighted by Crippen LogP contribution is 2.26. The minimum Gasteiger partial charge on any atom is -0.103 e. The van der Waals surface area contributed by atoms with Gasteiger partial charge in [-0.25, -0.2) is 0 Å². The van der Waals surface area contributed by atoms with E-state index >= 15 is 0 Å². The third-order valence-electron chi connectivity index (χ3n) is 2.23. The largest absolute Gasteiger partial charge is 0.103 e. The van der Waals surface area contributed by atoms with Crippen LogP contribution in [-0.2, 0) is 0 Å². The van der Waals surface area contributed by atoms with Crippen molar-refractivity contribution < 1.29 is 0 Å². The lowest BCUT2D eigenvalue weighted by atomic mass is 9.97. The fraction of sp³-hybridized carbons (Fsp3) is 0.600. The van der Waals surface area contributed by atoms with Crippen LogP contribution in [0.4, 0.5) is 0 Å². The maximum absolute atomic E-state index is 3.74. The predicted molar refractivity (Wildman–Crippen MR) is 45.9 cm³/mol. The van der Waals surface area contributed by atoms with Crippen LogP contribution >= 0.6 is 0 Å². The minimum absolute atomic E-state index is 0.750. The highest BCUT2D eigenvalue weighted by Gasteiger charge is 2.10. The van der Waals surface area contributed by atoms with Gasteiger partial charge in [0.05, 0.1) is 0 Å². The standard InChI is InChI=1S/C10H16/c1-3-6-9(2)10-7-4-5-8-10/h3,7,9H,1,4-6,8H2,2H3. The van der Waals surface area contributed by atoms with E-state index in [4.69, 9.17) is 0 Å². The van der Waals surface area contributed by atoms with Gasteiger partial charge >= 0.3 is 0 Å². The van der Waals surface area contributed by atoms with Crippen LogP contribution in [0, 0.1) is 5.92 Å². The predicted octanol–water partition coefficient (Wildman–Crippen LogP) is 3.31. The van der Waals surface area contributed by atoms with E-state index in [-0.39, 0.29) is 0 Å². The zero-order valence-electron chi connectivity index (χ0n) is 6.77. The molecule has 0 aromatic carbocycles. The molecule has 0 aromatic heterocycles. The summed E-state index contributed by atoms with van der Waals surface area (Å²) in [7, 11) is 0. The van der Waals surface area contributed by atoms with E-state index in [1.807, 2.05) is 6.08 Å². The average Bonchev–Trinajstić information content (AvgIpc) is 2.38. The lowest BCUT2D eigenvalue weighted by Gasteiger charge is -2.08. The van der Waals surface area contributed by atoms with E-state index < -0.39 is 0 Å². The summed E-state index contributed by atoms with van der Waals surface area (Å²) in [6.45, 7) is 6.04. The smallest absolute Gasteiger partial charge is 0.0197 e. The second-order valence-corrected chi connectivity index (χ2v) is 3.10. The van der Waals surface area contributed by atoms with Gasteiger partial charge in [0.1, 0.15) is 0 Å². The first-order valence-electron chi connectivity index (χ1n) is 4.14. The lowest BCUT2D eigenvalue weighted by Crippen LogP contribution is -1.94. The fourth-order valence-electron chi connectivity index (χ4n) is 1.54. The molecule has 1 aliphatic carbocycles. The number of allylic oxidation sites excluding steroid dienone is 3. The van der Waals surface area contributed by atoms with E-state index in [1.54, 1.807) is 5.57 Å². The fourth-order valence-corrected chi connectivity index (χ4v) is 1.54. The van der Waals surface area contributed by atoms with Gasteiger partial charge < -0.3 is 0 Å². The second kappa shape index (κ2) is 3.60. The van der Waals surface area contributed by atoms with Gasteiger partial charge in [-0.1, -0.05) is 24.6 Å². The zero-order valence-corrected chi connectivity index (χ0v) is 6.77. The van der Waals surface area contributed by atoms with Gasteiger partial charge in [0.25, 0.3) is 0 Å². The summed E-state index contributed by atoms with van der Waals surface area (Å²) < 4.78 is 0. The number of rotatable bonds is 3. The molecule has 0 saturated carbocycles. The lowest BCUT2D eigenvalue weighted by molar-refractivity contribution is 0.667. The minimum atomic E-state index is 0.750. The molecule has 0 heteroatoms. The van der Waals surface area contributed by atoms with E-state index in [0.29, 0.717) is 0 Å². The van der Waals surface area contributed by atoms with Crippen LogP contribution in [0.3, 0.4) is 0 Å². The first-order valence-corrected chi connectivity index (χ1v) is 4.14. The van der Waals surface area contributed by atoms with Crippen molar-refractivity contribution in [3.63, 3.8) is 0 Å². The summed E-state index contributed by atoms with van der Waals surface area (Å²) in [6.07, 6.45) is 9.56. The monoisotopic (exact) mass is 136 g/mol. The van der Waals surface area contributed by atoms with Gasteiger partial charge in [0, 0.05) is 0 Å². The van der Waals surface area contributed by atoms with E-state index in [1.165, 1.54) is 19.3 Å². The van der Waals surface area contributed by atoms with E-state index in [2.05, 4.69) is 19.6 Å². The summed E-state index contributed by atoms with van der Waals surface area (Å²) in [5.41, 5.74) is 1.65. The SMILES string of the molecule is C=CCC(C)C1=CCCC1. The molecule has 10 heavy (non-hydrogen) atoms. The molecule has 0 saturated heterocycles. The molecule has 0 amide bonds. The highest BCUT2D eigenvalue weighted by atomic mass is 14.2. The Labute approximate surface area is 63.6 Å². The summed E-state index contributed by atoms with van der Waals surface area (Å²) in [5, 5.41) is 0. The molecule has 0 spiro atoms. The summed E-state index contributed by atoms with van der Waals surface area (Å²) in [6, 6.07) is 0. The van der Waals surface area contributed by atoms with Crippen LogP contribution in [0.15, 0.2) is 24.3 Å². The Balaban J connectivity index is 2.39. The topological polar surface area (TPSA) is 0 Å². The molecular formula is C10H16. The van der Waals surface area contributed by atoms with Gasteiger partial charge in [0.15, 0.2) is 0 Å².